The van der Waals surface area contributed by atoms with Gasteiger partial charge in [-0.15, -0.1) is 0 Å². The molecular formula is C29H32N2O3. The minimum Gasteiger partial charge on any atom is -0.490 e. The summed E-state index contributed by atoms with van der Waals surface area (Å²) < 4.78 is 6.08. The second-order valence-electron chi connectivity index (χ2n) is 9.91. The molecule has 3 aromatic rings. The van der Waals surface area contributed by atoms with E-state index in [1.165, 1.54) is 0 Å². The van der Waals surface area contributed by atoms with Gasteiger partial charge in [0.25, 0.3) is 0 Å². The van der Waals surface area contributed by atoms with E-state index < -0.39 is 11.3 Å². The van der Waals surface area contributed by atoms with Crippen molar-refractivity contribution in [2.45, 2.75) is 33.6 Å². The van der Waals surface area contributed by atoms with Crippen LogP contribution in [0.5, 0.6) is 5.75 Å². The lowest BCUT2D eigenvalue weighted by atomic mass is 9.90. The molecule has 0 spiro atoms. The second kappa shape index (κ2) is 9.72. The first-order valence-corrected chi connectivity index (χ1v) is 11.8. The van der Waals surface area contributed by atoms with Crippen LogP contribution < -0.4 is 15.0 Å². The summed E-state index contributed by atoms with van der Waals surface area (Å²) in [5.74, 6) is 0.391. The highest BCUT2D eigenvalue weighted by Gasteiger charge is 2.38. The van der Waals surface area contributed by atoms with Crippen LogP contribution in [-0.2, 0) is 9.59 Å². The van der Waals surface area contributed by atoms with Gasteiger partial charge in [-0.3, -0.25) is 9.59 Å². The minimum atomic E-state index is -0.636. The molecule has 5 nitrogen and oxygen atoms in total. The Balaban J connectivity index is 1.65. The predicted molar refractivity (Wildman–Crippen MR) is 136 cm³/mol. The van der Waals surface area contributed by atoms with E-state index in [1.54, 1.807) is 0 Å². The van der Waals surface area contributed by atoms with Crippen LogP contribution in [0.2, 0.25) is 0 Å². The lowest BCUT2D eigenvalue weighted by molar-refractivity contribution is -0.127. The fourth-order valence-corrected chi connectivity index (χ4v) is 4.27. The van der Waals surface area contributed by atoms with Crippen LogP contribution in [0.3, 0.4) is 0 Å². The number of hydrogen-bond acceptors (Lipinski definition) is 3. The molecule has 4 rings (SSSR count). The largest absolute Gasteiger partial charge is 0.490 e. The van der Waals surface area contributed by atoms with Crippen molar-refractivity contribution in [3.8, 4) is 5.75 Å². The zero-order valence-electron chi connectivity index (χ0n) is 20.2. The van der Waals surface area contributed by atoms with Crippen LogP contribution in [0.4, 0.5) is 11.4 Å². The van der Waals surface area contributed by atoms with Crippen molar-refractivity contribution in [3.05, 3.63) is 90.0 Å². The van der Waals surface area contributed by atoms with E-state index in [9.17, 15) is 9.59 Å². The maximum Gasteiger partial charge on any atom is 0.236 e. The Bertz CT molecular complexity index is 1120. The average Bonchev–Trinajstić information content (AvgIpc) is 2.90. The number of amides is 2. The molecule has 1 aliphatic heterocycles. The summed E-state index contributed by atoms with van der Waals surface area (Å²) in [7, 11) is 0. The molecule has 0 radical (unpaired) electrons. The van der Waals surface area contributed by atoms with Crippen LogP contribution in [0.15, 0.2) is 78.9 Å². The van der Waals surface area contributed by atoms with E-state index >= 15 is 0 Å². The van der Waals surface area contributed by atoms with Crippen LogP contribution >= 0.6 is 0 Å². The fraction of sp³-hybridized carbons (Fsp3) is 0.310. The minimum absolute atomic E-state index is 0.0463. The van der Waals surface area contributed by atoms with Gasteiger partial charge in [0.1, 0.15) is 12.4 Å². The molecule has 34 heavy (non-hydrogen) atoms. The van der Waals surface area contributed by atoms with Gasteiger partial charge in [-0.25, -0.2) is 0 Å². The van der Waals surface area contributed by atoms with Crippen molar-refractivity contribution in [3.63, 3.8) is 0 Å². The third-order valence-electron chi connectivity index (χ3n) is 6.01. The summed E-state index contributed by atoms with van der Waals surface area (Å²) in [6.07, 6.45) is 0. The molecular weight excluding hydrogens is 424 g/mol. The maximum atomic E-state index is 13.5. The van der Waals surface area contributed by atoms with Crippen LogP contribution in [0, 0.1) is 11.3 Å². The zero-order valence-corrected chi connectivity index (χ0v) is 20.2. The first kappa shape index (κ1) is 23.6. The topological polar surface area (TPSA) is 58.6 Å². The number of carbonyl (C=O) groups excluding carboxylic acids is 2. The van der Waals surface area contributed by atoms with E-state index in [0.29, 0.717) is 23.9 Å². The first-order valence-electron chi connectivity index (χ1n) is 11.8. The first-order chi connectivity index (χ1) is 16.3. The molecule has 0 aliphatic carbocycles. The Morgan fingerprint density at radius 1 is 0.971 bits per heavy atom. The summed E-state index contributed by atoms with van der Waals surface area (Å²) in [5.41, 5.74) is 2.59. The Kier molecular flexibility index (Phi) is 6.73. The molecule has 0 saturated carbocycles. The average molecular weight is 457 g/mol. The van der Waals surface area contributed by atoms with Crippen molar-refractivity contribution < 1.29 is 14.3 Å². The Labute approximate surface area is 201 Å². The van der Waals surface area contributed by atoms with E-state index in [0.717, 1.165) is 16.8 Å². The SMILES string of the molecule is CC(C)CN1C(=O)C(C)(C)COc2cc(NC(=O)C(c3ccccc3)c3ccccc3)ccc21. The Morgan fingerprint density at radius 3 is 2.12 bits per heavy atom. The van der Waals surface area contributed by atoms with E-state index in [1.807, 2.05) is 97.6 Å². The smallest absolute Gasteiger partial charge is 0.236 e. The number of nitrogens with one attached hydrogen (secondary N) is 1. The lowest BCUT2D eigenvalue weighted by Gasteiger charge is -2.29. The van der Waals surface area contributed by atoms with Gasteiger partial charge in [0.2, 0.25) is 11.8 Å². The van der Waals surface area contributed by atoms with Gasteiger partial charge in [0.15, 0.2) is 0 Å². The number of hydrogen-bond donors (Lipinski definition) is 1. The van der Waals surface area contributed by atoms with Crippen LogP contribution in [0.1, 0.15) is 44.7 Å². The zero-order chi connectivity index (χ0) is 24.3. The molecule has 0 saturated heterocycles. The van der Waals surface area contributed by atoms with Crippen LogP contribution in [-0.4, -0.2) is 25.0 Å². The summed E-state index contributed by atoms with van der Waals surface area (Å²) >= 11 is 0. The third-order valence-corrected chi connectivity index (χ3v) is 6.01. The number of ether oxygens (including phenoxy) is 1. The lowest BCUT2D eigenvalue weighted by Crippen LogP contribution is -2.43. The highest BCUT2D eigenvalue weighted by Crippen LogP contribution is 2.39. The third kappa shape index (κ3) is 4.98. The number of nitrogens with zero attached hydrogens (tertiary/aromatic N) is 1. The highest BCUT2D eigenvalue weighted by molar-refractivity contribution is 6.01. The summed E-state index contributed by atoms with van der Waals surface area (Å²) in [6, 6.07) is 25.0. The highest BCUT2D eigenvalue weighted by atomic mass is 16.5. The van der Waals surface area contributed by atoms with Gasteiger partial charge in [-0.2, -0.15) is 0 Å². The molecule has 176 valence electrons. The Hall–Kier alpha value is -3.60. The molecule has 3 aromatic carbocycles. The van der Waals surface area contributed by atoms with Crippen LogP contribution in [0.25, 0.3) is 0 Å². The van der Waals surface area contributed by atoms with Crippen molar-refractivity contribution in [2.24, 2.45) is 11.3 Å². The molecule has 0 atom stereocenters. The fourth-order valence-electron chi connectivity index (χ4n) is 4.27. The van der Waals surface area contributed by atoms with Gasteiger partial charge >= 0.3 is 0 Å². The normalized spacial score (nSPS) is 15.0. The van der Waals surface area contributed by atoms with E-state index in [4.69, 9.17) is 4.74 Å². The molecule has 5 heteroatoms. The van der Waals surface area contributed by atoms with Gasteiger partial charge < -0.3 is 15.0 Å². The van der Waals surface area contributed by atoms with Gasteiger partial charge in [-0.1, -0.05) is 74.5 Å². The summed E-state index contributed by atoms with van der Waals surface area (Å²) in [6.45, 7) is 8.88. The van der Waals surface area contributed by atoms with Crippen molar-refractivity contribution in [1.29, 1.82) is 0 Å². The van der Waals surface area contributed by atoms with E-state index in [2.05, 4.69) is 19.2 Å². The van der Waals surface area contributed by atoms with Gasteiger partial charge in [0.05, 0.1) is 17.0 Å². The van der Waals surface area contributed by atoms with Gasteiger partial charge in [0, 0.05) is 18.3 Å². The van der Waals surface area contributed by atoms with Crippen molar-refractivity contribution >= 4 is 23.2 Å². The molecule has 0 unspecified atom stereocenters. The summed E-state index contributed by atoms with van der Waals surface area (Å²) in [4.78, 5) is 28.5. The second-order valence-corrected chi connectivity index (χ2v) is 9.91. The molecule has 2 amide bonds. The molecule has 0 aromatic heterocycles. The number of fused-ring (bicyclic) bond motifs is 1. The van der Waals surface area contributed by atoms with Crippen molar-refractivity contribution in [2.75, 3.05) is 23.4 Å². The summed E-state index contributed by atoms with van der Waals surface area (Å²) in [5, 5.41) is 3.07. The molecule has 1 heterocycles. The number of benzene rings is 3. The van der Waals surface area contributed by atoms with E-state index in [-0.39, 0.29) is 18.4 Å². The molecule has 0 bridgehead atoms. The number of rotatable bonds is 6. The predicted octanol–water partition coefficient (Wildman–Crippen LogP) is 5.86. The number of anilines is 2. The monoisotopic (exact) mass is 456 g/mol. The maximum absolute atomic E-state index is 13.5. The molecule has 1 N–H and O–H groups in total. The molecule has 0 fully saturated rings. The number of carbonyl (C=O) groups is 2. The quantitative estimate of drug-likeness (QED) is 0.505. The standard InChI is InChI=1S/C29H32N2O3/c1-20(2)18-31-24-16-15-23(17-25(24)34-19-29(3,4)28(31)33)30-27(32)26(21-11-7-5-8-12-21)22-13-9-6-10-14-22/h5-17,20,26H,18-19H2,1-4H3,(H,30,32). The Morgan fingerprint density at radius 2 is 1.56 bits per heavy atom. The van der Waals surface area contributed by atoms with Crippen molar-refractivity contribution in [1.82, 2.24) is 0 Å². The van der Waals surface area contributed by atoms with Gasteiger partial charge in [-0.05, 0) is 43.0 Å². The molecule has 1 aliphatic rings.